The lowest BCUT2D eigenvalue weighted by atomic mass is 10.1. The highest BCUT2D eigenvalue weighted by atomic mass is 35.5. The molecule has 0 spiro atoms. The van der Waals surface area contributed by atoms with Crippen LogP contribution in [-0.2, 0) is 7.05 Å². The SMILES string of the molecule is Cn1c(=O)/c(=C\c2cccc(F)c2)s/c1=C\C(=O)c1ccc(Cl)cc1. The average Bonchev–Trinajstić information content (AvgIpc) is 2.83. The summed E-state index contributed by atoms with van der Waals surface area (Å²) in [7, 11) is 1.60. The van der Waals surface area contributed by atoms with Crippen LogP contribution in [0.15, 0.2) is 53.3 Å². The van der Waals surface area contributed by atoms with Crippen LogP contribution in [0.2, 0.25) is 5.02 Å². The van der Waals surface area contributed by atoms with Crippen LogP contribution in [0.1, 0.15) is 15.9 Å². The number of Topliss-reactive ketones (excluding diaryl/α,β-unsaturated/α-hetero) is 1. The third kappa shape index (κ3) is 3.95. The van der Waals surface area contributed by atoms with Crippen LogP contribution in [0, 0.1) is 5.82 Å². The van der Waals surface area contributed by atoms with E-state index in [0.717, 1.165) is 0 Å². The molecule has 0 N–H and O–H groups in total. The van der Waals surface area contributed by atoms with E-state index in [4.69, 9.17) is 11.6 Å². The number of hydrogen-bond acceptors (Lipinski definition) is 3. The van der Waals surface area contributed by atoms with Gasteiger partial charge in [-0.3, -0.25) is 9.59 Å². The molecule has 0 atom stereocenters. The number of rotatable bonds is 3. The average molecular weight is 374 g/mol. The predicted octanol–water partition coefficient (Wildman–Crippen LogP) is 2.73. The summed E-state index contributed by atoms with van der Waals surface area (Å²) >= 11 is 7.00. The number of hydrogen-bond donors (Lipinski definition) is 0. The molecule has 6 heteroatoms. The Morgan fingerprint density at radius 1 is 1.20 bits per heavy atom. The molecule has 3 rings (SSSR count). The van der Waals surface area contributed by atoms with E-state index in [9.17, 15) is 14.0 Å². The van der Waals surface area contributed by atoms with Crippen molar-refractivity contribution in [3.8, 4) is 0 Å². The molecule has 1 heterocycles. The third-order valence-electron chi connectivity index (χ3n) is 3.59. The summed E-state index contributed by atoms with van der Waals surface area (Å²) in [6, 6.07) is 12.5. The van der Waals surface area contributed by atoms with E-state index in [1.165, 1.54) is 34.1 Å². The molecule has 1 aromatic heterocycles. The molecule has 25 heavy (non-hydrogen) atoms. The van der Waals surface area contributed by atoms with E-state index < -0.39 is 0 Å². The minimum absolute atomic E-state index is 0.217. The lowest BCUT2D eigenvalue weighted by Gasteiger charge is -1.95. The molecule has 2 aromatic carbocycles. The number of carbonyl (C=O) groups excluding carboxylic acids is 1. The molecule has 0 aliphatic rings. The number of ketones is 1. The Labute approximate surface area is 151 Å². The first kappa shape index (κ1) is 17.3. The summed E-state index contributed by atoms with van der Waals surface area (Å²) in [5.74, 6) is -0.586. The first-order valence-electron chi connectivity index (χ1n) is 7.39. The van der Waals surface area contributed by atoms with Gasteiger partial charge in [0.2, 0.25) is 0 Å². The van der Waals surface area contributed by atoms with Gasteiger partial charge in [-0.25, -0.2) is 4.39 Å². The van der Waals surface area contributed by atoms with Gasteiger partial charge in [-0.2, -0.15) is 0 Å². The highest BCUT2D eigenvalue weighted by Gasteiger charge is 2.06. The van der Waals surface area contributed by atoms with Crippen LogP contribution in [0.25, 0.3) is 12.2 Å². The maximum atomic E-state index is 13.3. The number of benzene rings is 2. The molecule has 0 unspecified atom stereocenters. The molecule has 3 aromatic rings. The number of nitrogens with zero attached hydrogens (tertiary/aromatic N) is 1. The topological polar surface area (TPSA) is 39.1 Å². The van der Waals surface area contributed by atoms with E-state index in [2.05, 4.69) is 0 Å². The lowest BCUT2D eigenvalue weighted by Crippen LogP contribution is -2.29. The highest BCUT2D eigenvalue weighted by molar-refractivity contribution is 7.07. The molecule has 0 aliphatic heterocycles. The number of halogens is 2. The van der Waals surface area contributed by atoms with Gasteiger partial charge in [0.05, 0.1) is 4.53 Å². The first-order chi connectivity index (χ1) is 11.9. The maximum absolute atomic E-state index is 13.3. The zero-order valence-corrected chi connectivity index (χ0v) is 14.8. The van der Waals surface area contributed by atoms with Crippen molar-refractivity contribution in [3.05, 3.63) is 90.0 Å². The van der Waals surface area contributed by atoms with Gasteiger partial charge in [0, 0.05) is 23.7 Å². The molecule has 0 radical (unpaired) electrons. The van der Waals surface area contributed by atoms with E-state index in [1.54, 1.807) is 49.5 Å². The van der Waals surface area contributed by atoms with Crippen LogP contribution < -0.4 is 14.8 Å². The van der Waals surface area contributed by atoms with Crippen LogP contribution in [0.4, 0.5) is 4.39 Å². The molecule has 0 bridgehead atoms. The summed E-state index contributed by atoms with van der Waals surface area (Å²) in [6.45, 7) is 0. The quantitative estimate of drug-likeness (QED) is 0.662. The summed E-state index contributed by atoms with van der Waals surface area (Å²) in [5, 5.41) is 0.548. The molecule has 0 saturated heterocycles. The molecule has 0 amide bonds. The summed E-state index contributed by atoms with van der Waals surface area (Å²) < 4.78 is 15.6. The number of carbonyl (C=O) groups is 1. The van der Waals surface area contributed by atoms with Gasteiger partial charge < -0.3 is 4.57 Å². The minimum Gasteiger partial charge on any atom is -0.302 e. The lowest BCUT2D eigenvalue weighted by molar-refractivity contribution is 0.106. The van der Waals surface area contributed by atoms with Crippen LogP contribution in [0.5, 0.6) is 0 Å². The van der Waals surface area contributed by atoms with Crippen LogP contribution >= 0.6 is 22.9 Å². The molecule has 3 nitrogen and oxygen atoms in total. The highest BCUT2D eigenvalue weighted by Crippen LogP contribution is 2.10. The monoisotopic (exact) mass is 373 g/mol. The second-order valence-electron chi connectivity index (χ2n) is 5.38. The van der Waals surface area contributed by atoms with Crippen LogP contribution in [0.3, 0.4) is 0 Å². The largest absolute Gasteiger partial charge is 0.302 e. The molecule has 126 valence electrons. The third-order valence-corrected chi connectivity index (χ3v) is 4.96. The zero-order chi connectivity index (χ0) is 18.0. The normalized spacial score (nSPS) is 12.6. The Morgan fingerprint density at radius 3 is 2.60 bits per heavy atom. The van der Waals surface area contributed by atoms with Crippen molar-refractivity contribution in [1.82, 2.24) is 4.57 Å². The standard InChI is InChI=1S/C19H13ClFNO2S/c1-22-18(11-16(23)13-5-7-14(20)8-6-13)25-17(19(22)24)10-12-3-2-4-15(21)9-12/h2-11H,1H3/b17-10+,18-11-. The van der Waals surface area contributed by atoms with E-state index >= 15 is 0 Å². The van der Waals surface area contributed by atoms with Gasteiger partial charge in [0.25, 0.3) is 5.56 Å². The van der Waals surface area contributed by atoms with Gasteiger partial charge in [-0.15, -0.1) is 11.3 Å². The van der Waals surface area contributed by atoms with Crippen molar-refractivity contribution < 1.29 is 9.18 Å². The molecule has 0 aliphatic carbocycles. The van der Waals surface area contributed by atoms with Gasteiger partial charge in [-0.05, 0) is 48.0 Å². The fourth-order valence-electron chi connectivity index (χ4n) is 2.27. The molecular formula is C19H13ClFNO2S. The summed E-state index contributed by atoms with van der Waals surface area (Å²) in [6.07, 6.45) is 3.03. The zero-order valence-electron chi connectivity index (χ0n) is 13.2. The smallest absolute Gasteiger partial charge is 0.268 e. The van der Waals surface area contributed by atoms with Gasteiger partial charge in [0.15, 0.2) is 5.78 Å². The Hall–Kier alpha value is -2.50. The molecular weight excluding hydrogens is 361 g/mol. The Kier molecular flexibility index (Phi) is 4.97. The minimum atomic E-state index is -0.369. The Morgan fingerprint density at radius 2 is 1.92 bits per heavy atom. The van der Waals surface area contributed by atoms with Crippen molar-refractivity contribution in [2.75, 3.05) is 0 Å². The summed E-state index contributed by atoms with van der Waals surface area (Å²) in [4.78, 5) is 24.7. The van der Waals surface area contributed by atoms with Gasteiger partial charge >= 0.3 is 0 Å². The van der Waals surface area contributed by atoms with Gasteiger partial charge in [-0.1, -0.05) is 23.7 Å². The second-order valence-corrected chi connectivity index (χ2v) is 6.88. The second kappa shape index (κ2) is 7.17. The van der Waals surface area contributed by atoms with Crippen molar-refractivity contribution in [1.29, 1.82) is 0 Å². The van der Waals surface area contributed by atoms with Crippen molar-refractivity contribution in [2.45, 2.75) is 0 Å². The summed E-state index contributed by atoms with van der Waals surface area (Å²) in [5.41, 5.74) is 0.847. The van der Waals surface area contributed by atoms with Crippen molar-refractivity contribution in [2.24, 2.45) is 7.05 Å². The maximum Gasteiger partial charge on any atom is 0.268 e. The first-order valence-corrected chi connectivity index (χ1v) is 8.58. The molecule has 0 saturated carbocycles. The Bertz CT molecular complexity index is 1110. The number of thiazole rings is 1. The molecule has 0 fully saturated rings. The predicted molar refractivity (Wildman–Crippen MR) is 99.0 cm³/mol. The fourth-order valence-corrected chi connectivity index (χ4v) is 3.42. The number of aromatic nitrogens is 1. The van der Waals surface area contributed by atoms with E-state index in [0.29, 0.717) is 25.3 Å². The van der Waals surface area contributed by atoms with Crippen molar-refractivity contribution in [3.63, 3.8) is 0 Å². The van der Waals surface area contributed by atoms with Crippen molar-refractivity contribution >= 4 is 40.9 Å². The Balaban J connectivity index is 2.05. The van der Waals surface area contributed by atoms with Crippen LogP contribution in [-0.4, -0.2) is 10.4 Å². The van der Waals surface area contributed by atoms with E-state index in [1.807, 2.05) is 0 Å². The fraction of sp³-hybridized carbons (Fsp3) is 0.0526. The van der Waals surface area contributed by atoms with E-state index in [-0.39, 0.29) is 17.2 Å². The van der Waals surface area contributed by atoms with Gasteiger partial charge in [0.1, 0.15) is 10.5 Å².